The second-order valence-corrected chi connectivity index (χ2v) is 5.28. The zero-order valence-electron chi connectivity index (χ0n) is 11.4. The maximum absolute atomic E-state index is 11.4. The molecule has 1 N–H and O–H groups in total. The molecule has 0 aromatic carbocycles. The van der Waals surface area contributed by atoms with Crippen LogP contribution in [-0.2, 0) is 4.79 Å². The van der Waals surface area contributed by atoms with Crippen LogP contribution >= 0.6 is 11.6 Å². The highest BCUT2D eigenvalue weighted by atomic mass is 35.5. The van der Waals surface area contributed by atoms with Crippen LogP contribution in [0.25, 0.3) is 0 Å². The van der Waals surface area contributed by atoms with Crippen LogP contribution in [0.4, 0.5) is 0 Å². The normalized spacial score (nSPS) is 12.4. The molecule has 1 unspecified atom stereocenters. The molecule has 0 radical (unpaired) electrons. The molecule has 3 heteroatoms. The number of rotatable bonds is 11. The summed E-state index contributed by atoms with van der Waals surface area (Å²) in [6.07, 6.45) is 9.88. The van der Waals surface area contributed by atoms with Crippen LogP contribution in [0.5, 0.6) is 0 Å². The first-order valence-electron chi connectivity index (χ1n) is 7.11. The molecule has 0 aliphatic carbocycles. The van der Waals surface area contributed by atoms with Crippen LogP contribution in [-0.4, -0.2) is 17.8 Å². The molecule has 0 bridgehead atoms. The first kappa shape index (κ1) is 16.8. The van der Waals surface area contributed by atoms with E-state index in [2.05, 4.69) is 19.2 Å². The van der Waals surface area contributed by atoms with E-state index in [1.165, 1.54) is 32.1 Å². The maximum atomic E-state index is 11.4. The van der Waals surface area contributed by atoms with E-state index in [1.54, 1.807) is 0 Å². The minimum Gasteiger partial charge on any atom is -0.356 e. The SMILES string of the molecule is CCCCCCCCC(=O)NCCC(Cl)CC. The van der Waals surface area contributed by atoms with Crippen molar-refractivity contribution in [2.24, 2.45) is 0 Å². The number of hydrogen-bond donors (Lipinski definition) is 1. The van der Waals surface area contributed by atoms with Gasteiger partial charge < -0.3 is 5.32 Å². The molecule has 0 aromatic heterocycles. The van der Waals surface area contributed by atoms with Crippen LogP contribution < -0.4 is 5.32 Å². The van der Waals surface area contributed by atoms with E-state index in [4.69, 9.17) is 11.6 Å². The lowest BCUT2D eigenvalue weighted by molar-refractivity contribution is -0.121. The highest BCUT2D eigenvalue weighted by Gasteiger charge is 2.03. The van der Waals surface area contributed by atoms with E-state index in [9.17, 15) is 4.79 Å². The summed E-state index contributed by atoms with van der Waals surface area (Å²) in [6.45, 7) is 5.00. The van der Waals surface area contributed by atoms with E-state index in [0.717, 1.165) is 25.8 Å². The fraction of sp³-hybridized carbons (Fsp3) is 0.929. The van der Waals surface area contributed by atoms with E-state index in [0.29, 0.717) is 6.42 Å². The van der Waals surface area contributed by atoms with Crippen LogP contribution in [0.1, 0.15) is 71.6 Å². The van der Waals surface area contributed by atoms with Gasteiger partial charge in [-0.25, -0.2) is 0 Å². The quantitative estimate of drug-likeness (QED) is 0.437. The lowest BCUT2D eigenvalue weighted by Crippen LogP contribution is -2.25. The Labute approximate surface area is 111 Å². The third kappa shape index (κ3) is 12.0. The second-order valence-electron chi connectivity index (χ2n) is 4.66. The van der Waals surface area contributed by atoms with Crippen molar-refractivity contribution < 1.29 is 4.79 Å². The molecule has 0 aromatic rings. The van der Waals surface area contributed by atoms with Crippen molar-refractivity contribution in [1.29, 1.82) is 0 Å². The summed E-state index contributed by atoms with van der Waals surface area (Å²) in [4.78, 5) is 11.4. The number of halogens is 1. The molecule has 0 aliphatic rings. The summed E-state index contributed by atoms with van der Waals surface area (Å²) < 4.78 is 0. The Balaban J connectivity index is 3.23. The number of nitrogens with one attached hydrogen (secondary N) is 1. The maximum Gasteiger partial charge on any atom is 0.219 e. The van der Waals surface area contributed by atoms with Crippen molar-refractivity contribution in [3.8, 4) is 0 Å². The molecule has 0 fully saturated rings. The Bertz CT molecular complexity index is 185. The molecule has 1 amide bonds. The Morgan fingerprint density at radius 1 is 1.12 bits per heavy atom. The number of carbonyl (C=O) groups is 1. The predicted molar refractivity (Wildman–Crippen MR) is 75.6 cm³/mol. The lowest BCUT2D eigenvalue weighted by Gasteiger charge is -2.07. The first-order chi connectivity index (χ1) is 8.20. The highest BCUT2D eigenvalue weighted by Crippen LogP contribution is 2.07. The molecule has 0 rings (SSSR count). The van der Waals surface area contributed by atoms with Crippen LogP contribution in [0, 0.1) is 0 Å². The fourth-order valence-electron chi connectivity index (χ4n) is 1.73. The number of hydrogen-bond acceptors (Lipinski definition) is 1. The fourth-order valence-corrected chi connectivity index (χ4v) is 1.84. The van der Waals surface area contributed by atoms with Crippen LogP contribution in [0.15, 0.2) is 0 Å². The molecule has 0 saturated carbocycles. The van der Waals surface area contributed by atoms with Crippen LogP contribution in [0.3, 0.4) is 0 Å². The van der Waals surface area contributed by atoms with E-state index >= 15 is 0 Å². The van der Waals surface area contributed by atoms with Gasteiger partial charge in [-0.2, -0.15) is 0 Å². The molecular formula is C14H28ClNO. The van der Waals surface area contributed by atoms with Gasteiger partial charge in [0.2, 0.25) is 5.91 Å². The first-order valence-corrected chi connectivity index (χ1v) is 7.55. The monoisotopic (exact) mass is 261 g/mol. The van der Waals surface area contributed by atoms with Gasteiger partial charge in [-0.1, -0.05) is 46.0 Å². The molecular weight excluding hydrogens is 234 g/mol. The third-order valence-corrected chi connectivity index (χ3v) is 3.51. The standard InChI is InChI=1S/C14H28ClNO/c1-3-5-6-7-8-9-10-14(17)16-12-11-13(15)4-2/h13H,3-12H2,1-2H3,(H,16,17). The van der Waals surface area contributed by atoms with Gasteiger partial charge in [-0.15, -0.1) is 11.6 Å². The number of carbonyl (C=O) groups excluding carboxylic acids is 1. The molecule has 2 nitrogen and oxygen atoms in total. The molecule has 0 spiro atoms. The Kier molecular flexibility index (Phi) is 12.1. The van der Waals surface area contributed by atoms with Crippen molar-refractivity contribution in [3.63, 3.8) is 0 Å². The summed E-state index contributed by atoms with van der Waals surface area (Å²) >= 11 is 5.97. The van der Waals surface area contributed by atoms with Gasteiger partial charge in [0.25, 0.3) is 0 Å². The van der Waals surface area contributed by atoms with E-state index in [-0.39, 0.29) is 11.3 Å². The topological polar surface area (TPSA) is 29.1 Å². The second kappa shape index (κ2) is 12.2. The van der Waals surface area contributed by atoms with Gasteiger partial charge >= 0.3 is 0 Å². The molecule has 0 aliphatic heterocycles. The number of amides is 1. The lowest BCUT2D eigenvalue weighted by atomic mass is 10.1. The van der Waals surface area contributed by atoms with Gasteiger partial charge in [0.05, 0.1) is 0 Å². The van der Waals surface area contributed by atoms with Crippen molar-refractivity contribution >= 4 is 17.5 Å². The van der Waals surface area contributed by atoms with Gasteiger partial charge in [0.1, 0.15) is 0 Å². The summed E-state index contributed by atoms with van der Waals surface area (Å²) in [5.74, 6) is 0.181. The zero-order valence-corrected chi connectivity index (χ0v) is 12.2. The molecule has 102 valence electrons. The van der Waals surface area contributed by atoms with Crippen LogP contribution in [0.2, 0.25) is 0 Å². The predicted octanol–water partition coefficient (Wildman–Crippen LogP) is 4.26. The smallest absolute Gasteiger partial charge is 0.219 e. The van der Waals surface area contributed by atoms with Gasteiger partial charge in [-0.05, 0) is 19.3 Å². The zero-order chi connectivity index (χ0) is 12.9. The summed E-state index contributed by atoms with van der Waals surface area (Å²) in [6, 6.07) is 0. The van der Waals surface area contributed by atoms with Gasteiger partial charge in [0.15, 0.2) is 0 Å². The van der Waals surface area contributed by atoms with Crippen molar-refractivity contribution in [3.05, 3.63) is 0 Å². The summed E-state index contributed by atoms with van der Waals surface area (Å²) in [5.41, 5.74) is 0. The molecule has 0 saturated heterocycles. The molecule has 17 heavy (non-hydrogen) atoms. The molecule has 1 atom stereocenters. The van der Waals surface area contributed by atoms with Crippen molar-refractivity contribution in [1.82, 2.24) is 5.32 Å². The average Bonchev–Trinajstić information content (AvgIpc) is 2.33. The Morgan fingerprint density at radius 3 is 2.41 bits per heavy atom. The third-order valence-electron chi connectivity index (χ3n) is 2.98. The average molecular weight is 262 g/mol. The number of unbranched alkanes of at least 4 members (excludes halogenated alkanes) is 5. The van der Waals surface area contributed by atoms with Gasteiger partial charge in [0, 0.05) is 18.3 Å². The Morgan fingerprint density at radius 2 is 1.76 bits per heavy atom. The summed E-state index contributed by atoms with van der Waals surface area (Å²) in [7, 11) is 0. The van der Waals surface area contributed by atoms with E-state index < -0.39 is 0 Å². The largest absolute Gasteiger partial charge is 0.356 e. The van der Waals surface area contributed by atoms with E-state index in [1.807, 2.05) is 0 Å². The summed E-state index contributed by atoms with van der Waals surface area (Å²) in [5, 5.41) is 3.13. The minimum absolute atomic E-state index is 0.181. The van der Waals surface area contributed by atoms with Gasteiger partial charge in [-0.3, -0.25) is 4.79 Å². The minimum atomic E-state index is 0.181. The Hall–Kier alpha value is -0.240. The molecule has 0 heterocycles. The number of alkyl halides is 1. The van der Waals surface area contributed by atoms with Crippen molar-refractivity contribution in [2.75, 3.05) is 6.54 Å². The highest BCUT2D eigenvalue weighted by molar-refractivity contribution is 6.20. The van der Waals surface area contributed by atoms with Crippen molar-refractivity contribution in [2.45, 2.75) is 77.0 Å².